The van der Waals surface area contributed by atoms with Crippen LogP contribution in [0.2, 0.25) is 0 Å². The van der Waals surface area contributed by atoms with Crippen LogP contribution in [-0.4, -0.2) is 35.1 Å². The van der Waals surface area contributed by atoms with Gasteiger partial charge < -0.3 is 15.3 Å². The fraction of sp³-hybridized carbons (Fsp3) is 0.222. The molecule has 0 saturated heterocycles. The summed E-state index contributed by atoms with van der Waals surface area (Å²) in [5.41, 5.74) is 0.551. The lowest BCUT2D eigenvalue weighted by molar-refractivity contribution is -0.135. The standard InChI is InChI=1S/C9H9N3O3/c13-7-4-12(5-8(14)15)9-6(11-7)2-1-3-10-9/h1-3H,4-5H2,(H,11,13)(H,14,15). The van der Waals surface area contributed by atoms with E-state index in [1.54, 1.807) is 18.3 Å². The molecule has 1 aromatic rings. The first-order valence-electron chi connectivity index (χ1n) is 4.38. The minimum atomic E-state index is -0.985. The first-order chi connectivity index (χ1) is 7.16. The maximum atomic E-state index is 11.2. The lowest BCUT2D eigenvalue weighted by Gasteiger charge is -2.27. The average Bonchev–Trinajstić information content (AvgIpc) is 2.16. The number of anilines is 2. The highest BCUT2D eigenvalue weighted by atomic mass is 16.4. The van der Waals surface area contributed by atoms with E-state index in [0.717, 1.165) is 0 Å². The molecule has 1 amide bonds. The summed E-state index contributed by atoms with van der Waals surface area (Å²) in [5, 5.41) is 11.3. The van der Waals surface area contributed by atoms with Crippen molar-refractivity contribution in [1.82, 2.24) is 4.98 Å². The van der Waals surface area contributed by atoms with Crippen molar-refractivity contribution in [2.45, 2.75) is 0 Å². The Balaban J connectivity index is 2.33. The number of rotatable bonds is 2. The van der Waals surface area contributed by atoms with Crippen LogP contribution in [0.15, 0.2) is 18.3 Å². The van der Waals surface area contributed by atoms with Crippen molar-refractivity contribution in [2.24, 2.45) is 0 Å². The maximum Gasteiger partial charge on any atom is 0.323 e. The van der Waals surface area contributed by atoms with Gasteiger partial charge in [0.05, 0.1) is 12.2 Å². The normalized spacial score (nSPS) is 14.4. The third-order valence-corrected chi connectivity index (χ3v) is 2.02. The zero-order valence-electron chi connectivity index (χ0n) is 7.80. The van der Waals surface area contributed by atoms with E-state index in [1.807, 2.05) is 0 Å². The van der Waals surface area contributed by atoms with Gasteiger partial charge in [-0.25, -0.2) is 4.98 Å². The Hall–Kier alpha value is -2.11. The second kappa shape index (κ2) is 3.56. The molecule has 0 spiro atoms. The average molecular weight is 207 g/mol. The molecule has 1 aliphatic heterocycles. The van der Waals surface area contributed by atoms with E-state index in [0.29, 0.717) is 11.5 Å². The number of carboxylic acids is 1. The summed E-state index contributed by atoms with van der Waals surface area (Å²) in [6, 6.07) is 3.37. The van der Waals surface area contributed by atoms with E-state index < -0.39 is 5.97 Å². The van der Waals surface area contributed by atoms with Crippen LogP contribution in [0.25, 0.3) is 0 Å². The molecule has 0 fully saturated rings. The van der Waals surface area contributed by atoms with Crippen LogP contribution in [-0.2, 0) is 9.59 Å². The SMILES string of the molecule is O=C(O)CN1CC(=O)Nc2cccnc21. The molecule has 0 aromatic carbocycles. The number of nitrogens with one attached hydrogen (secondary N) is 1. The van der Waals surface area contributed by atoms with Crippen molar-refractivity contribution in [1.29, 1.82) is 0 Å². The van der Waals surface area contributed by atoms with Crippen molar-refractivity contribution < 1.29 is 14.7 Å². The molecule has 2 heterocycles. The van der Waals surface area contributed by atoms with Crippen LogP contribution in [0, 0.1) is 0 Å². The van der Waals surface area contributed by atoms with Crippen LogP contribution in [0.4, 0.5) is 11.5 Å². The van der Waals surface area contributed by atoms with E-state index in [4.69, 9.17) is 5.11 Å². The van der Waals surface area contributed by atoms with Crippen LogP contribution >= 0.6 is 0 Å². The molecular weight excluding hydrogens is 198 g/mol. The molecule has 0 atom stereocenters. The Bertz CT molecular complexity index is 419. The van der Waals surface area contributed by atoms with Gasteiger partial charge in [-0.2, -0.15) is 0 Å². The Labute approximate surface area is 85.5 Å². The van der Waals surface area contributed by atoms with Gasteiger partial charge in [-0.05, 0) is 12.1 Å². The van der Waals surface area contributed by atoms with Gasteiger partial charge in [0.15, 0.2) is 5.82 Å². The summed E-state index contributed by atoms with van der Waals surface area (Å²) < 4.78 is 0. The number of hydrogen-bond donors (Lipinski definition) is 2. The number of amides is 1. The number of aromatic nitrogens is 1. The molecule has 0 radical (unpaired) electrons. The number of carbonyl (C=O) groups excluding carboxylic acids is 1. The number of pyridine rings is 1. The summed E-state index contributed by atoms with van der Waals surface area (Å²) in [5.74, 6) is -0.711. The first kappa shape index (κ1) is 9.45. The van der Waals surface area contributed by atoms with Gasteiger partial charge in [-0.1, -0.05) is 0 Å². The monoisotopic (exact) mass is 207 g/mol. The van der Waals surface area contributed by atoms with Crippen LogP contribution in [0.3, 0.4) is 0 Å². The maximum absolute atomic E-state index is 11.2. The van der Waals surface area contributed by atoms with Gasteiger partial charge in [0, 0.05) is 6.20 Å². The molecule has 0 unspecified atom stereocenters. The molecule has 2 N–H and O–H groups in total. The number of carboxylic acid groups (broad SMARTS) is 1. The third-order valence-electron chi connectivity index (χ3n) is 2.02. The third kappa shape index (κ3) is 1.88. The van der Waals surface area contributed by atoms with Crippen LogP contribution in [0.1, 0.15) is 0 Å². The fourth-order valence-corrected chi connectivity index (χ4v) is 1.48. The van der Waals surface area contributed by atoms with Crippen molar-refractivity contribution in [3.8, 4) is 0 Å². The predicted octanol–water partition coefficient (Wildman–Crippen LogP) is -0.0753. The van der Waals surface area contributed by atoms with Gasteiger partial charge in [0.25, 0.3) is 0 Å². The second-order valence-corrected chi connectivity index (χ2v) is 3.17. The lowest BCUT2D eigenvalue weighted by atomic mass is 10.2. The summed E-state index contributed by atoms with van der Waals surface area (Å²) in [7, 11) is 0. The fourth-order valence-electron chi connectivity index (χ4n) is 1.48. The molecule has 0 aliphatic carbocycles. The van der Waals surface area contributed by atoms with Gasteiger partial charge >= 0.3 is 5.97 Å². The molecule has 2 rings (SSSR count). The number of nitrogens with zero attached hydrogens (tertiary/aromatic N) is 2. The summed E-state index contributed by atoms with van der Waals surface area (Å²) in [6.45, 7) is -0.201. The van der Waals surface area contributed by atoms with E-state index in [2.05, 4.69) is 10.3 Å². The minimum absolute atomic E-state index is 0.0241. The molecule has 6 heteroatoms. The second-order valence-electron chi connectivity index (χ2n) is 3.17. The van der Waals surface area contributed by atoms with Crippen molar-refractivity contribution in [3.63, 3.8) is 0 Å². The summed E-state index contributed by atoms with van der Waals surface area (Å²) >= 11 is 0. The Kier molecular flexibility index (Phi) is 2.24. The zero-order valence-corrected chi connectivity index (χ0v) is 7.80. The van der Waals surface area contributed by atoms with E-state index in [-0.39, 0.29) is 19.0 Å². The van der Waals surface area contributed by atoms with Gasteiger partial charge in [0.2, 0.25) is 5.91 Å². The molecule has 1 aliphatic rings. The number of fused-ring (bicyclic) bond motifs is 1. The molecule has 1 aromatic heterocycles. The van der Waals surface area contributed by atoms with Crippen LogP contribution in [0.5, 0.6) is 0 Å². The highest BCUT2D eigenvalue weighted by Crippen LogP contribution is 2.25. The zero-order chi connectivity index (χ0) is 10.8. The number of hydrogen-bond acceptors (Lipinski definition) is 4. The van der Waals surface area contributed by atoms with E-state index in [9.17, 15) is 9.59 Å². The Morgan fingerprint density at radius 1 is 1.67 bits per heavy atom. The molecule has 78 valence electrons. The molecule has 0 bridgehead atoms. The first-order valence-corrected chi connectivity index (χ1v) is 4.38. The Morgan fingerprint density at radius 3 is 3.20 bits per heavy atom. The van der Waals surface area contributed by atoms with Crippen molar-refractivity contribution >= 4 is 23.4 Å². The Morgan fingerprint density at radius 2 is 2.47 bits per heavy atom. The highest BCUT2D eigenvalue weighted by molar-refractivity contribution is 6.01. The van der Waals surface area contributed by atoms with Crippen molar-refractivity contribution in [2.75, 3.05) is 23.3 Å². The summed E-state index contributed by atoms with van der Waals surface area (Å²) in [4.78, 5) is 27.3. The van der Waals surface area contributed by atoms with Crippen LogP contribution < -0.4 is 10.2 Å². The highest BCUT2D eigenvalue weighted by Gasteiger charge is 2.24. The van der Waals surface area contributed by atoms with Gasteiger partial charge in [-0.3, -0.25) is 9.59 Å². The molecule has 0 saturated carbocycles. The predicted molar refractivity (Wildman–Crippen MR) is 52.7 cm³/mol. The quantitative estimate of drug-likeness (QED) is 0.709. The molecule has 6 nitrogen and oxygen atoms in total. The molecule has 15 heavy (non-hydrogen) atoms. The topological polar surface area (TPSA) is 82.5 Å². The largest absolute Gasteiger partial charge is 0.480 e. The molecular formula is C9H9N3O3. The van der Waals surface area contributed by atoms with Gasteiger partial charge in [0.1, 0.15) is 6.54 Å². The van der Waals surface area contributed by atoms with E-state index >= 15 is 0 Å². The van der Waals surface area contributed by atoms with E-state index in [1.165, 1.54) is 4.90 Å². The smallest absolute Gasteiger partial charge is 0.323 e. The number of carbonyl (C=O) groups is 2. The lowest BCUT2D eigenvalue weighted by Crippen LogP contribution is -2.41. The van der Waals surface area contributed by atoms with Crippen molar-refractivity contribution in [3.05, 3.63) is 18.3 Å². The number of aliphatic carboxylic acids is 1. The minimum Gasteiger partial charge on any atom is -0.480 e. The summed E-state index contributed by atoms with van der Waals surface area (Å²) in [6.07, 6.45) is 1.56. The van der Waals surface area contributed by atoms with Gasteiger partial charge in [-0.15, -0.1) is 0 Å².